The molecular weight excluding hydrogens is 392 g/mol. The van der Waals surface area contributed by atoms with Crippen LogP contribution in [0.25, 0.3) is 11.1 Å². The minimum Gasteiger partial charge on any atom is -0.493 e. The van der Waals surface area contributed by atoms with E-state index in [2.05, 4.69) is 15.9 Å². The molecule has 0 amide bonds. The van der Waals surface area contributed by atoms with Gasteiger partial charge in [0.2, 0.25) is 0 Å². The lowest BCUT2D eigenvalue weighted by atomic mass is 10.1. The zero-order valence-corrected chi connectivity index (χ0v) is 16.0. The predicted octanol–water partition coefficient (Wildman–Crippen LogP) is 6.12. The molecule has 0 radical (unpaired) electrons. The molecule has 0 fully saturated rings. The Morgan fingerprint density at radius 2 is 1.62 bits per heavy atom. The summed E-state index contributed by atoms with van der Waals surface area (Å²) in [5, 5.41) is 0. The van der Waals surface area contributed by atoms with Crippen molar-refractivity contribution in [3.8, 4) is 22.6 Å². The minimum absolute atomic E-state index is 0.417. The van der Waals surface area contributed by atoms with Crippen molar-refractivity contribution in [3.63, 3.8) is 0 Å². The van der Waals surface area contributed by atoms with Gasteiger partial charge in [0.05, 0.1) is 11.1 Å². The summed E-state index contributed by atoms with van der Waals surface area (Å²) in [5.74, 6) is 0.571. The number of carbonyl (C=O) groups excluding carboxylic acids is 1. The smallest absolute Gasteiger partial charge is 0.347 e. The molecule has 0 unspecified atom stereocenters. The molecular formula is C22H19BrO3. The lowest BCUT2D eigenvalue weighted by Crippen LogP contribution is -2.11. The van der Waals surface area contributed by atoms with Crippen LogP contribution in [-0.2, 0) is 0 Å². The second kappa shape index (κ2) is 8.68. The highest BCUT2D eigenvalue weighted by molar-refractivity contribution is 9.10. The molecule has 3 aromatic carbocycles. The van der Waals surface area contributed by atoms with E-state index in [1.807, 2.05) is 55.5 Å². The van der Waals surface area contributed by atoms with Crippen molar-refractivity contribution in [1.29, 1.82) is 0 Å². The van der Waals surface area contributed by atoms with Crippen molar-refractivity contribution in [2.24, 2.45) is 0 Å². The fourth-order valence-corrected chi connectivity index (χ4v) is 2.98. The van der Waals surface area contributed by atoms with Crippen LogP contribution in [-0.4, -0.2) is 12.6 Å². The van der Waals surface area contributed by atoms with Gasteiger partial charge in [0.1, 0.15) is 17.1 Å². The Balaban J connectivity index is 1.80. The normalized spacial score (nSPS) is 10.4. The van der Waals surface area contributed by atoms with E-state index in [9.17, 15) is 4.79 Å². The van der Waals surface area contributed by atoms with Gasteiger partial charge in [-0.05, 0) is 57.7 Å². The third kappa shape index (κ3) is 4.33. The Morgan fingerprint density at radius 3 is 2.35 bits per heavy atom. The van der Waals surface area contributed by atoms with Crippen LogP contribution >= 0.6 is 15.9 Å². The number of para-hydroxylation sites is 1. The fourth-order valence-electron chi connectivity index (χ4n) is 2.52. The summed E-state index contributed by atoms with van der Waals surface area (Å²) >= 11 is 3.50. The Bertz CT molecular complexity index is 891. The number of hydrogen-bond donors (Lipinski definition) is 0. The average molecular weight is 411 g/mol. The highest BCUT2D eigenvalue weighted by atomic mass is 79.9. The molecule has 3 rings (SSSR count). The van der Waals surface area contributed by atoms with E-state index in [4.69, 9.17) is 9.47 Å². The molecule has 26 heavy (non-hydrogen) atoms. The molecule has 0 saturated carbocycles. The van der Waals surface area contributed by atoms with Crippen LogP contribution < -0.4 is 9.47 Å². The minimum atomic E-state index is -0.440. The van der Waals surface area contributed by atoms with E-state index in [0.717, 1.165) is 22.0 Å². The van der Waals surface area contributed by atoms with E-state index >= 15 is 0 Å². The summed E-state index contributed by atoms with van der Waals surface area (Å²) in [6.07, 6.45) is 0.871. The van der Waals surface area contributed by atoms with Gasteiger partial charge in [-0.15, -0.1) is 0 Å². The number of rotatable bonds is 6. The van der Waals surface area contributed by atoms with E-state index < -0.39 is 5.97 Å². The van der Waals surface area contributed by atoms with E-state index in [1.54, 1.807) is 24.3 Å². The molecule has 0 atom stereocenters. The summed E-state index contributed by atoms with van der Waals surface area (Å²) in [4.78, 5) is 12.6. The molecule has 3 nitrogen and oxygen atoms in total. The van der Waals surface area contributed by atoms with Gasteiger partial charge in [-0.1, -0.05) is 55.5 Å². The SMILES string of the molecule is CCCOc1ccccc1C(=O)Oc1ccc(-c2ccccc2)cc1Br. The molecule has 3 aromatic rings. The Labute approximate surface area is 161 Å². The van der Waals surface area contributed by atoms with Crippen molar-refractivity contribution in [3.05, 3.63) is 82.8 Å². The molecule has 132 valence electrons. The monoisotopic (exact) mass is 410 g/mol. The quantitative estimate of drug-likeness (QED) is 0.362. The Hall–Kier alpha value is -2.59. The highest BCUT2D eigenvalue weighted by Crippen LogP contribution is 2.32. The van der Waals surface area contributed by atoms with Crippen molar-refractivity contribution in [1.82, 2.24) is 0 Å². The zero-order valence-electron chi connectivity index (χ0n) is 14.4. The first kappa shape index (κ1) is 18.2. The van der Waals surface area contributed by atoms with Gasteiger partial charge < -0.3 is 9.47 Å². The van der Waals surface area contributed by atoms with Gasteiger partial charge in [0, 0.05) is 0 Å². The van der Waals surface area contributed by atoms with Gasteiger partial charge in [-0.3, -0.25) is 0 Å². The summed E-state index contributed by atoms with van der Waals surface area (Å²) in [7, 11) is 0. The summed E-state index contributed by atoms with van der Waals surface area (Å²) in [6, 6.07) is 22.8. The maximum Gasteiger partial charge on any atom is 0.347 e. The van der Waals surface area contributed by atoms with E-state index in [1.165, 1.54) is 0 Å². The maximum absolute atomic E-state index is 12.6. The molecule has 0 spiro atoms. The topological polar surface area (TPSA) is 35.5 Å². The number of halogens is 1. The summed E-state index contributed by atoms with van der Waals surface area (Å²) in [5.41, 5.74) is 2.56. The number of esters is 1. The van der Waals surface area contributed by atoms with Gasteiger partial charge in [-0.25, -0.2) is 4.79 Å². The van der Waals surface area contributed by atoms with Gasteiger partial charge in [-0.2, -0.15) is 0 Å². The van der Waals surface area contributed by atoms with Crippen molar-refractivity contribution >= 4 is 21.9 Å². The lowest BCUT2D eigenvalue weighted by Gasteiger charge is -2.12. The van der Waals surface area contributed by atoms with Crippen molar-refractivity contribution in [2.75, 3.05) is 6.61 Å². The Kier molecular flexibility index (Phi) is 6.08. The summed E-state index contributed by atoms with van der Waals surface area (Å²) < 4.78 is 11.9. The first-order valence-electron chi connectivity index (χ1n) is 8.48. The van der Waals surface area contributed by atoms with Crippen molar-refractivity contribution in [2.45, 2.75) is 13.3 Å². The first-order valence-corrected chi connectivity index (χ1v) is 9.27. The number of ether oxygens (including phenoxy) is 2. The second-order valence-electron chi connectivity index (χ2n) is 5.75. The molecule has 0 aromatic heterocycles. The number of carbonyl (C=O) groups is 1. The molecule has 0 bridgehead atoms. The lowest BCUT2D eigenvalue weighted by molar-refractivity contribution is 0.0729. The van der Waals surface area contributed by atoms with Crippen LogP contribution in [0.3, 0.4) is 0 Å². The maximum atomic E-state index is 12.6. The van der Waals surface area contributed by atoms with Gasteiger partial charge >= 0.3 is 5.97 Å². The summed E-state index contributed by atoms with van der Waals surface area (Å²) in [6.45, 7) is 2.58. The van der Waals surface area contributed by atoms with Gasteiger partial charge in [0.25, 0.3) is 0 Å². The molecule has 0 saturated heterocycles. The molecule has 0 heterocycles. The zero-order chi connectivity index (χ0) is 18.4. The average Bonchev–Trinajstić information content (AvgIpc) is 2.68. The van der Waals surface area contributed by atoms with Crippen LogP contribution in [0, 0.1) is 0 Å². The molecule has 4 heteroatoms. The van der Waals surface area contributed by atoms with Crippen LogP contribution in [0.15, 0.2) is 77.3 Å². The van der Waals surface area contributed by atoms with Crippen LogP contribution in [0.5, 0.6) is 11.5 Å². The highest BCUT2D eigenvalue weighted by Gasteiger charge is 2.16. The first-order chi connectivity index (χ1) is 12.7. The van der Waals surface area contributed by atoms with Crippen LogP contribution in [0.4, 0.5) is 0 Å². The number of hydrogen-bond acceptors (Lipinski definition) is 3. The van der Waals surface area contributed by atoms with Crippen molar-refractivity contribution < 1.29 is 14.3 Å². The molecule has 0 N–H and O–H groups in total. The third-order valence-electron chi connectivity index (χ3n) is 3.81. The van der Waals surface area contributed by atoms with Gasteiger partial charge in [0.15, 0.2) is 0 Å². The largest absolute Gasteiger partial charge is 0.493 e. The molecule has 0 aliphatic rings. The van der Waals surface area contributed by atoms with Crippen LogP contribution in [0.1, 0.15) is 23.7 Å². The third-order valence-corrected chi connectivity index (χ3v) is 4.43. The Morgan fingerprint density at radius 1 is 0.885 bits per heavy atom. The molecule has 0 aliphatic heterocycles. The van der Waals surface area contributed by atoms with Crippen LogP contribution in [0.2, 0.25) is 0 Å². The predicted molar refractivity (Wildman–Crippen MR) is 107 cm³/mol. The standard InChI is InChI=1S/C22H19BrO3/c1-2-14-25-20-11-7-6-10-18(20)22(24)26-21-13-12-17(15-19(21)23)16-8-4-3-5-9-16/h3-13,15H,2,14H2,1H3. The molecule has 0 aliphatic carbocycles. The number of benzene rings is 3. The van der Waals surface area contributed by atoms with E-state index in [0.29, 0.717) is 23.7 Å². The van der Waals surface area contributed by atoms with E-state index in [-0.39, 0.29) is 0 Å². The second-order valence-corrected chi connectivity index (χ2v) is 6.60. The fraction of sp³-hybridized carbons (Fsp3) is 0.136.